The van der Waals surface area contributed by atoms with E-state index in [0.717, 1.165) is 0 Å². The first-order chi connectivity index (χ1) is 8.31. The van der Waals surface area contributed by atoms with Gasteiger partial charge in [-0.2, -0.15) is 0 Å². The van der Waals surface area contributed by atoms with Crippen LogP contribution in [0.5, 0.6) is 0 Å². The maximum Gasteiger partial charge on any atom is 0.271 e. The van der Waals surface area contributed by atoms with Gasteiger partial charge in [0.1, 0.15) is 5.69 Å². The fourth-order valence-electron chi connectivity index (χ4n) is 1.11. The van der Waals surface area contributed by atoms with Crippen LogP contribution < -0.4 is 5.32 Å². The zero-order valence-electron chi connectivity index (χ0n) is 8.75. The van der Waals surface area contributed by atoms with Gasteiger partial charge in [0.2, 0.25) is 0 Å². The van der Waals surface area contributed by atoms with E-state index in [-0.39, 0.29) is 12.5 Å². The molecule has 0 unspecified atom stereocenters. The topological polar surface area (TPSA) is 67.8 Å². The van der Waals surface area contributed by atoms with E-state index < -0.39 is 0 Å². The van der Waals surface area contributed by atoms with E-state index >= 15 is 0 Å². The summed E-state index contributed by atoms with van der Waals surface area (Å²) in [6.07, 6.45) is 8.30. The number of nitrogens with zero attached hydrogens (tertiary/aromatic N) is 3. The highest BCUT2D eigenvalue weighted by Gasteiger charge is 2.12. The highest BCUT2D eigenvalue weighted by atomic mass is 32.1. The second kappa shape index (κ2) is 5.18. The molecule has 0 atom stereocenters. The Morgan fingerprint density at radius 3 is 2.94 bits per heavy atom. The van der Waals surface area contributed by atoms with Gasteiger partial charge in [-0.25, -0.2) is 15.0 Å². The molecule has 5 nitrogen and oxygen atoms in total. The number of thiazole rings is 1. The second-order valence-electron chi connectivity index (χ2n) is 3.00. The largest absolute Gasteiger partial charge is 0.340 e. The molecule has 0 fully saturated rings. The van der Waals surface area contributed by atoms with Crippen molar-refractivity contribution in [2.75, 3.05) is 6.54 Å². The van der Waals surface area contributed by atoms with E-state index in [4.69, 9.17) is 6.42 Å². The molecule has 2 aromatic heterocycles. The molecule has 0 radical (unpaired) electrons. The molecule has 1 amide bonds. The summed E-state index contributed by atoms with van der Waals surface area (Å²) >= 11 is 1.32. The van der Waals surface area contributed by atoms with Gasteiger partial charge in [-0.05, 0) is 6.07 Å². The SMILES string of the molecule is C#CCNC(=O)c1csc(-c2ncccn2)n1. The molecule has 0 saturated heterocycles. The molecule has 0 aliphatic heterocycles. The summed E-state index contributed by atoms with van der Waals surface area (Å²) < 4.78 is 0. The number of amides is 1. The average Bonchev–Trinajstić information content (AvgIpc) is 2.86. The predicted molar refractivity (Wildman–Crippen MR) is 64.3 cm³/mol. The van der Waals surface area contributed by atoms with Crippen LogP contribution in [-0.4, -0.2) is 27.4 Å². The summed E-state index contributed by atoms with van der Waals surface area (Å²) in [5, 5.41) is 4.80. The number of terminal acetylenes is 1. The molecular formula is C11H8N4OS. The normalized spacial score (nSPS) is 9.59. The molecule has 2 heterocycles. The maximum atomic E-state index is 11.5. The number of carbonyl (C=O) groups is 1. The van der Waals surface area contributed by atoms with Crippen LogP contribution in [0.4, 0.5) is 0 Å². The Kier molecular flexibility index (Phi) is 3.43. The van der Waals surface area contributed by atoms with Crippen LogP contribution in [0.2, 0.25) is 0 Å². The number of hydrogen-bond acceptors (Lipinski definition) is 5. The van der Waals surface area contributed by atoms with Crippen LogP contribution in [0.25, 0.3) is 10.8 Å². The fourth-order valence-corrected chi connectivity index (χ4v) is 1.86. The van der Waals surface area contributed by atoms with Crippen LogP contribution >= 0.6 is 11.3 Å². The van der Waals surface area contributed by atoms with Crippen molar-refractivity contribution in [2.45, 2.75) is 0 Å². The van der Waals surface area contributed by atoms with Gasteiger partial charge < -0.3 is 5.32 Å². The van der Waals surface area contributed by atoms with Crippen LogP contribution in [0, 0.1) is 12.3 Å². The standard InChI is InChI=1S/C11H8N4OS/c1-2-4-14-10(16)8-7-17-11(15-8)9-12-5-3-6-13-9/h1,3,5-7H,4H2,(H,14,16). The van der Waals surface area contributed by atoms with Crippen LogP contribution in [0.15, 0.2) is 23.8 Å². The minimum Gasteiger partial charge on any atom is -0.340 e. The van der Waals surface area contributed by atoms with Crippen molar-refractivity contribution in [1.29, 1.82) is 0 Å². The predicted octanol–water partition coefficient (Wildman–Crippen LogP) is 0.963. The van der Waals surface area contributed by atoms with E-state index in [1.807, 2.05) is 0 Å². The van der Waals surface area contributed by atoms with Gasteiger partial charge in [0.05, 0.1) is 6.54 Å². The Morgan fingerprint density at radius 2 is 2.24 bits per heavy atom. The molecule has 0 aliphatic carbocycles. The van der Waals surface area contributed by atoms with Gasteiger partial charge in [-0.15, -0.1) is 17.8 Å². The Labute approximate surface area is 102 Å². The minimum absolute atomic E-state index is 0.188. The van der Waals surface area contributed by atoms with Crippen molar-refractivity contribution in [1.82, 2.24) is 20.3 Å². The highest BCUT2D eigenvalue weighted by molar-refractivity contribution is 7.13. The van der Waals surface area contributed by atoms with Gasteiger partial charge in [0.25, 0.3) is 5.91 Å². The molecule has 17 heavy (non-hydrogen) atoms. The van der Waals surface area contributed by atoms with E-state index in [1.165, 1.54) is 11.3 Å². The number of nitrogens with one attached hydrogen (secondary N) is 1. The molecule has 2 rings (SSSR count). The molecule has 0 aromatic carbocycles. The monoisotopic (exact) mass is 244 g/mol. The van der Waals surface area contributed by atoms with E-state index in [9.17, 15) is 4.79 Å². The fraction of sp³-hybridized carbons (Fsp3) is 0.0909. The van der Waals surface area contributed by atoms with Crippen molar-refractivity contribution in [3.63, 3.8) is 0 Å². The zero-order valence-corrected chi connectivity index (χ0v) is 9.57. The lowest BCUT2D eigenvalue weighted by Crippen LogP contribution is -2.23. The Bertz CT molecular complexity index is 558. The van der Waals surface area contributed by atoms with Crippen molar-refractivity contribution in [2.24, 2.45) is 0 Å². The van der Waals surface area contributed by atoms with Crippen molar-refractivity contribution >= 4 is 17.2 Å². The first-order valence-corrected chi connectivity index (χ1v) is 5.64. The third-order valence-corrected chi connectivity index (χ3v) is 2.68. The van der Waals surface area contributed by atoms with Gasteiger partial charge in [0.15, 0.2) is 10.8 Å². The van der Waals surface area contributed by atoms with Gasteiger partial charge in [-0.3, -0.25) is 4.79 Å². The summed E-state index contributed by atoms with van der Waals surface area (Å²) in [6, 6.07) is 1.72. The van der Waals surface area contributed by atoms with E-state index in [1.54, 1.807) is 23.8 Å². The molecule has 84 valence electrons. The van der Waals surface area contributed by atoms with E-state index in [2.05, 4.69) is 26.2 Å². The Balaban J connectivity index is 2.17. The smallest absolute Gasteiger partial charge is 0.271 e. The second-order valence-corrected chi connectivity index (χ2v) is 3.86. The van der Waals surface area contributed by atoms with Crippen molar-refractivity contribution in [3.05, 3.63) is 29.5 Å². The van der Waals surface area contributed by atoms with Gasteiger partial charge in [0, 0.05) is 17.8 Å². The molecular weight excluding hydrogens is 236 g/mol. The summed E-state index contributed by atoms with van der Waals surface area (Å²) in [5.74, 6) is 2.54. The molecule has 1 N–H and O–H groups in total. The molecule has 0 saturated carbocycles. The third-order valence-electron chi connectivity index (χ3n) is 1.84. The lowest BCUT2D eigenvalue weighted by atomic mass is 10.4. The Hall–Kier alpha value is -2.26. The number of hydrogen-bond donors (Lipinski definition) is 1. The van der Waals surface area contributed by atoms with Crippen molar-refractivity contribution in [3.8, 4) is 23.2 Å². The minimum atomic E-state index is -0.290. The van der Waals surface area contributed by atoms with Gasteiger partial charge in [-0.1, -0.05) is 5.92 Å². The highest BCUT2D eigenvalue weighted by Crippen LogP contribution is 2.19. The average molecular weight is 244 g/mol. The summed E-state index contributed by atoms with van der Waals surface area (Å²) in [7, 11) is 0. The van der Waals surface area contributed by atoms with Crippen LogP contribution in [0.3, 0.4) is 0 Å². The summed E-state index contributed by atoms with van der Waals surface area (Å²) in [6.45, 7) is 0.188. The summed E-state index contributed by atoms with van der Waals surface area (Å²) in [5.41, 5.74) is 0.327. The summed E-state index contributed by atoms with van der Waals surface area (Å²) in [4.78, 5) is 23.8. The maximum absolute atomic E-state index is 11.5. The number of rotatable bonds is 3. The van der Waals surface area contributed by atoms with Crippen LogP contribution in [-0.2, 0) is 0 Å². The Morgan fingerprint density at radius 1 is 1.47 bits per heavy atom. The van der Waals surface area contributed by atoms with Crippen LogP contribution in [0.1, 0.15) is 10.5 Å². The number of aromatic nitrogens is 3. The van der Waals surface area contributed by atoms with E-state index in [0.29, 0.717) is 16.5 Å². The molecule has 2 aromatic rings. The molecule has 0 spiro atoms. The first kappa shape index (κ1) is 11.2. The molecule has 0 aliphatic rings. The first-order valence-electron chi connectivity index (χ1n) is 4.76. The number of carbonyl (C=O) groups excluding carboxylic acids is 1. The zero-order chi connectivity index (χ0) is 12.1. The lowest BCUT2D eigenvalue weighted by Gasteiger charge is -1.96. The van der Waals surface area contributed by atoms with Gasteiger partial charge >= 0.3 is 0 Å². The third kappa shape index (κ3) is 2.65. The molecule has 6 heteroatoms. The quantitative estimate of drug-likeness (QED) is 0.817. The molecule has 0 bridgehead atoms. The van der Waals surface area contributed by atoms with Crippen molar-refractivity contribution < 1.29 is 4.79 Å². The lowest BCUT2D eigenvalue weighted by molar-refractivity contribution is 0.0954.